The first-order valence-corrected chi connectivity index (χ1v) is 8.61. The second-order valence-electron chi connectivity index (χ2n) is 6.69. The van der Waals surface area contributed by atoms with Crippen LogP contribution >= 0.6 is 0 Å². The number of nitrogens with zero attached hydrogens (tertiary/aromatic N) is 5. The molecular weight excluding hydrogens is 363 g/mol. The number of aromatic amines is 1. The molecule has 0 spiro atoms. The summed E-state index contributed by atoms with van der Waals surface area (Å²) in [4.78, 5) is 22.3. The molecule has 1 aliphatic heterocycles. The zero-order valence-electron chi connectivity index (χ0n) is 14.5. The Bertz CT molecular complexity index is 979. The number of hydrogen-bond acceptors (Lipinski definition) is 4. The molecule has 3 aromatic rings. The van der Waals surface area contributed by atoms with Crippen LogP contribution in [0.3, 0.4) is 0 Å². The molecule has 2 amide bonds. The molecule has 1 saturated heterocycles. The lowest BCUT2D eigenvalue weighted by Gasteiger charge is -2.19. The van der Waals surface area contributed by atoms with E-state index in [1.807, 2.05) is 16.8 Å². The zero-order valence-corrected chi connectivity index (χ0v) is 14.5. The summed E-state index contributed by atoms with van der Waals surface area (Å²) in [6.45, 7) is 1.38. The highest BCUT2D eigenvalue weighted by Crippen LogP contribution is 2.34. The Kier molecular flexibility index (Phi) is 4.16. The molecule has 4 heterocycles. The van der Waals surface area contributed by atoms with Gasteiger partial charge in [-0.15, -0.1) is 0 Å². The van der Waals surface area contributed by atoms with Gasteiger partial charge in [0, 0.05) is 13.1 Å². The summed E-state index contributed by atoms with van der Waals surface area (Å²) >= 11 is 0. The van der Waals surface area contributed by atoms with Crippen LogP contribution in [0, 0.1) is 5.92 Å². The average molecular weight is 381 g/mol. The minimum absolute atomic E-state index is 0.0860. The van der Waals surface area contributed by atoms with E-state index in [2.05, 4.69) is 20.2 Å². The summed E-state index contributed by atoms with van der Waals surface area (Å²) in [6.07, 6.45) is 1.37. The first-order valence-electron chi connectivity index (χ1n) is 8.61. The predicted molar refractivity (Wildman–Crippen MR) is 91.0 cm³/mol. The molecule has 144 valence electrons. The number of nitrogens with one attached hydrogen (secondary N) is 2. The van der Waals surface area contributed by atoms with Gasteiger partial charge in [0.15, 0.2) is 5.65 Å². The number of amides is 2. The highest BCUT2D eigenvalue weighted by atomic mass is 19.4. The number of likely N-dealkylation sites (tertiary alicyclic amines) is 1. The van der Waals surface area contributed by atoms with Crippen molar-refractivity contribution in [2.24, 2.45) is 5.92 Å². The number of pyridine rings is 1. The maximum Gasteiger partial charge on any atom is 0.405 e. The Morgan fingerprint density at radius 1 is 1.33 bits per heavy atom. The van der Waals surface area contributed by atoms with Crippen LogP contribution in [0.4, 0.5) is 18.0 Å². The molecule has 27 heavy (non-hydrogen) atoms. The maximum atomic E-state index is 12.4. The summed E-state index contributed by atoms with van der Waals surface area (Å²) < 4.78 is 39.1. The Labute approximate surface area is 151 Å². The van der Waals surface area contributed by atoms with Crippen LogP contribution in [-0.4, -0.2) is 61.5 Å². The number of fused-ring (bicyclic) bond motifs is 3. The predicted octanol–water partition coefficient (Wildman–Crippen LogP) is 2.46. The molecule has 0 aromatic carbocycles. The van der Waals surface area contributed by atoms with E-state index >= 15 is 0 Å². The molecule has 1 unspecified atom stereocenters. The van der Waals surface area contributed by atoms with E-state index in [0.29, 0.717) is 24.3 Å². The fourth-order valence-electron chi connectivity index (χ4n) is 3.70. The third-order valence-electron chi connectivity index (χ3n) is 5.03. The first kappa shape index (κ1) is 17.6. The van der Waals surface area contributed by atoms with Crippen LogP contribution in [0.1, 0.15) is 19.4 Å². The van der Waals surface area contributed by atoms with Crippen molar-refractivity contribution in [2.45, 2.75) is 25.6 Å². The molecule has 2 N–H and O–H groups in total. The molecule has 11 heteroatoms. The number of hydrogen-bond donors (Lipinski definition) is 2. The molecule has 0 aliphatic carbocycles. The van der Waals surface area contributed by atoms with Gasteiger partial charge in [0.1, 0.15) is 12.1 Å². The number of rotatable bonds is 3. The van der Waals surface area contributed by atoms with Crippen molar-refractivity contribution >= 4 is 28.1 Å². The van der Waals surface area contributed by atoms with Crippen molar-refractivity contribution in [3.05, 3.63) is 18.7 Å². The van der Waals surface area contributed by atoms with Crippen molar-refractivity contribution in [1.82, 2.24) is 34.9 Å². The van der Waals surface area contributed by atoms with Crippen LogP contribution in [0.25, 0.3) is 22.1 Å². The van der Waals surface area contributed by atoms with Crippen molar-refractivity contribution in [3.63, 3.8) is 0 Å². The smallest absolute Gasteiger partial charge is 0.329 e. The lowest BCUT2D eigenvalue weighted by Crippen LogP contribution is -2.42. The highest BCUT2D eigenvalue weighted by Gasteiger charge is 2.37. The van der Waals surface area contributed by atoms with E-state index in [1.165, 1.54) is 4.90 Å². The van der Waals surface area contributed by atoms with Gasteiger partial charge in [0.2, 0.25) is 0 Å². The fourth-order valence-corrected chi connectivity index (χ4v) is 3.70. The fraction of sp³-hybridized carbons (Fsp3) is 0.500. The molecule has 3 aromatic heterocycles. The second-order valence-corrected chi connectivity index (χ2v) is 6.69. The largest absolute Gasteiger partial charge is 0.405 e. The normalized spacial score (nSPS) is 20.7. The van der Waals surface area contributed by atoms with Crippen LogP contribution < -0.4 is 5.32 Å². The number of carbonyl (C=O) groups excluding carboxylic acids is 1. The van der Waals surface area contributed by atoms with E-state index in [0.717, 1.165) is 17.3 Å². The standard InChI is InChI=1S/C16H18F3N7O/c1-2-9-5-25(15(27)21-7-16(17,18)19)6-12(9)26-8-22-11-4-20-14-10(13(11)26)3-23-24-14/h3-4,8-9,12H,2,5-7H2,1H3,(H,21,27)(H,20,23,24)/t9-,12?/m0/s1. The van der Waals surface area contributed by atoms with Crippen molar-refractivity contribution < 1.29 is 18.0 Å². The van der Waals surface area contributed by atoms with Crippen LogP contribution in [-0.2, 0) is 0 Å². The lowest BCUT2D eigenvalue weighted by molar-refractivity contribution is -0.123. The molecule has 1 aliphatic rings. The minimum Gasteiger partial charge on any atom is -0.329 e. The van der Waals surface area contributed by atoms with Gasteiger partial charge in [-0.25, -0.2) is 14.8 Å². The van der Waals surface area contributed by atoms with Gasteiger partial charge in [-0.3, -0.25) is 5.10 Å². The quantitative estimate of drug-likeness (QED) is 0.729. The van der Waals surface area contributed by atoms with Crippen LogP contribution in [0.15, 0.2) is 18.7 Å². The van der Waals surface area contributed by atoms with E-state index in [-0.39, 0.29) is 12.0 Å². The number of urea groups is 1. The van der Waals surface area contributed by atoms with Crippen molar-refractivity contribution in [3.8, 4) is 0 Å². The van der Waals surface area contributed by atoms with Gasteiger partial charge >= 0.3 is 12.2 Å². The van der Waals surface area contributed by atoms with E-state index < -0.39 is 18.8 Å². The number of aromatic nitrogens is 5. The second kappa shape index (κ2) is 6.39. The Hall–Kier alpha value is -2.85. The van der Waals surface area contributed by atoms with E-state index in [9.17, 15) is 18.0 Å². The van der Waals surface area contributed by atoms with Crippen molar-refractivity contribution in [2.75, 3.05) is 19.6 Å². The molecule has 8 nitrogen and oxygen atoms in total. The number of H-pyrrole nitrogens is 1. The van der Waals surface area contributed by atoms with Gasteiger partial charge in [-0.1, -0.05) is 6.92 Å². The number of alkyl halides is 3. The highest BCUT2D eigenvalue weighted by molar-refractivity contribution is 6.00. The van der Waals surface area contributed by atoms with Gasteiger partial charge in [-0.05, 0) is 12.3 Å². The average Bonchev–Trinajstić information content (AvgIpc) is 3.33. The molecule has 0 bridgehead atoms. The van der Waals surface area contributed by atoms with Gasteiger partial charge < -0.3 is 14.8 Å². The van der Waals surface area contributed by atoms with Gasteiger partial charge in [-0.2, -0.15) is 18.3 Å². The summed E-state index contributed by atoms with van der Waals surface area (Å²) in [5.41, 5.74) is 2.20. The number of imidazole rings is 1. The van der Waals surface area contributed by atoms with Gasteiger partial charge in [0.05, 0.1) is 35.7 Å². The summed E-state index contributed by atoms with van der Waals surface area (Å²) in [7, 11) is 0. The van der Waals surface area contributed by atoms with Crippen LogP contribution in [0.5, 0.6) is 0 Å². The number of halogens is 3. The van der Waals surface area contributed by atoms with Crippen molar-refractivity contribution in [1.29, 1.82) is 0 Å². The first-order chi connectivity index (χ1) is 12.9. The minimum atomic E-state index is -4.43. The van der Waals surface area contributed by atoms with Gasteiger partial charge in [0.25, 0.3) is 0 Å². The zero-order chi connectivity index (χ0) is 19.2. The Balaban J connectivity index is 1.63. The summed E-state index contributed by atoms with van der Waals surface area (Å²) in [5, 5.41) is 9.61. The molecule has 2 atom stereocenters. The monoisotopic (exact) mass is 381 g/mol. The lowest BCUT2D eigenvalue weighted by atomic mass is 10.0. The molecule has 0 radical (unpaired) electrons. The molecular formula is C16H18F3N7O. The Morgan fingerprint density at radius 2 is 2.15 bits per heavy atom. The van der Waals surface area contributed by atoms with Crippen LogP contribution in [0.2, 0.25) is 0 Å². The topological polar surface area (TPSA) is 91.7 Å². The van der Waals surface area contributed by atoms with E-state index in [4.69, 9.17) is 0 Å². The van der Waals surface area contributed by atoms with E-state index in [1.54, 1.807) is 18.7 Å². The third-order valence-corrected chi connectivity index (χ3v) is 5.03. The maximum absolute atomic E-state index is 12.4. The molecule has 4 rings (SSSR count). The summed E-state index contributed by atoms with van der Waals surface area (Å²) in [5.74, 6) is 0.106. The summed E-state index contributed by atoms with van der Waals surface area (Å²) in [6, 6.07) is -0.787. The molecule has 1 fully saturated rings. The Morgan fingerprint density at radius 3 is 2.89 bits per heavy atom. The SMILES string of the molecule is CC[C@H]1CN(C(=O)NCC(F)(F)F)CC1n1cnc2cnc3[nH]ncc3c21. The number of carbonyl (C=O) groups is 1. The third kappa shape index (κ3) is 3.17. The molecule has 0 saturated carbocycles.